The highest BCUT2D eigenvalue weighted by Gasteiger charge is 2.02. The van der Waals surface area contributed by atoms with Crippen LogP contribution in [0.4, 0.5) is 0 Å². The van der Waals surface area contributed by atoms with Crippen molar-refractivity contribution in [1.29, 1.82) is 5.26 Å². The first-order valence-electron chi connectivity index (χ1n) is 5.46. The van der Waals surface area contributed by atoms with Crippen LogP contribution in [0.1, 0.15) is 10.7 Å². The average Bonchev–Trinajstić information content (AvgIpc) is 2.78. The molecule has 2 aromatic rings. The third-order valence-corrected chi connectivity index (χ3v) is 3.43. The lowest BCUT2D eigenvalue weighted by Gasteiger charge is -2.04. The van der Waals surface area contributed by atoms with E-state index in [9.17, 15) is 0 Å². The maximum absolute atomic E-state index is 8.56. The van der Waals surface area contributed by atoms with Gasteiger partial charge in [-0.05, 0) is 18.2 Å². The smallest absolute Gasteiger partial charge is 0.120 e. The van der Waals surface area contributed by atoms with Gasteiger partial charge in [-0.25, -0.2) is 4.98 Å². The van der Waals surface area contributed by atoms with Crippen molar-refractivity contribution in [2.24, 2.45) is 0 Å². The first kappa shape index (κ1) is 12.9. The van der Waals surface area contributed by atoms with Crippen LogP contribution in [0.2, 0.25) is 5.02 Å². The zero-order valence-electron chi connectivity index (χ0n) is 9.60. The third-order valence-electron chi connectivity index (χ3n) is 2.24. The summed E-state index contributed by atoms with van der Waals surface area (Å²) in [5.41, 5.74) is 0.834. The summed E-state index contributed by atoms with van der Waals surface area (Å²) in [4.78, 5) is 4.34. The van der Waals surface area contributed by atoms with Crippen LogP contribution in [0, 0.1) is 11.3 Å². The minimum Gasteiger partial charge on any atom is -0.493 e. The van der Waals surface area contributed by atoms with Gasteiger partial charge in [0.15, 0.2) is 0 Å². The van der Waals surface area contributed by atoms with Crippen molar-refractivity contribution in [2.45, 2.75) is 12.8 Å². The Kier molecular flexibility index (Phi) is 4.57. The van der Waals surface area contributed by atoms with Gasteiger partial charge in [0.2, 0.25) is 0 Å². The van der Waals surface area contributed by atoms with Crippen LogP contribution in [-0.4, -0.2) is 11.6 Å². The lowest BCUT2D eigenvalue weighted by atomic mass is 10.3. The number of benzene rings is 1. The van der Waals surface area contributed by atoms with E-state index in [1.807, 2.05) is 23.6 Å². The molecule has 1 aromatic heterocycles. The molecule has 0 unspecified atom stereocenters. The molecule has 0 N–H and O–H groups in total. The van der Waals surface area contributed by atoms with Crippen molar-refractivity contribution in [2.75, 3.05) is 6.61 Å². The van der Waals surface area contributed by atoms with Crippen molar-refractivity contribution in [3.8, 4) is 11.8 Å². The molecule has 18 heavy (non-hydrogen) atoms. The zero-order valence-corrected chi connectivity index (χ0v) is 11.2. The van der Waals surface area contributed by atoms with E-state index < -0.39 is 0 Å². The fourth-order valence-electron chi connectivity index (χ4n) is 1.44. The number of aromatic nitrogens is 1. The van der Waals surface area contributed by atoms with Gasteiger partial charge in [-0.1, -0.05) is 17.7 Å². The molecule has 0 aliphatic heterocycles. The van der Waals surface area contributed by atoms with Crippen LogP contribution in [0.15, 0.2) is 29.6 Å². The summed E-state index contributed by atoms with van der Waals surface area (Å²) in [5, 5.41) is 12.1. The molecule has 0 aliphatic rings. The van der Waals surface area contributed by atoms with Gasteiger partial charge in [-0.3, -0.25) is 0 Å². The van der Waals surface area contributed by atoms with Crippen LogP contribution >= 0.6 is 22.9 Å². The fraction of sp³-hybridized carbons (Fsp3) is 0.231. The van der Waals surface area contributed by atoms with Gasteiger partial charge < -0.3 is 4.74 Å². The number of nitriles is 1. The van der Waals surface area contributed by atoms with E-state index in [-0.39, 0.29) is 0 Å². The molecule has 3 nitrogen and oxygen atoms in total. The minimum atomic E-state index is 0.367. The van der Waals surface area contributed by atoms with Crippen molar-refractivity contribution in [3.63, 3.8) is 0 Å². The Morgan fingerprint density at radius 2 is 2.33 bits per heavy atom. The Hall–Kier alpha value is -1.57. The minimum absolute atomic E-state index is 0.367. The monoisotopic (exact) mass is 278 g/mol. The Labute approximate surface area is 115 Å². The molecule has 5 heteroatoms. The summed E-state index contributed by atoms with van der Waals surface area (Å²) in [5.74, 6) is 0.760. The lowest BCUT2D eigenvalue weighted by Crippen LogP contribution is -2.01. The van der Waals surface area contributed by atoms with E-state index in [2.05, 4.69) is 11.1 Å². The Bertz CT molecular complexity index is 562. The average molecular weight is 279 g/mol. The molecule has 0 saturated carbocycles. The predicted octanol–water partition coefficient (Wildman–Crippen LogP) is 3.48. The number of rotatable bonds is 5. The van der Waals surface area contributed by atoms with Crippen LogP contribution in [-0.2, 0) is 12.8 Å². The Morgan fingerprint density at radius 1 is 1.44 bits per heavy atom. The maximum Gasteiger partial charge on any atom is 0.120 e. The molecule has 0 bridgehead atoms. The molecule has 92 valence electrons. The predicted molar refractivity (Wildman–Crippen MR) is 72.1 cm³/mol. The van der Waals surface area contributed by atoms with Gasteiger partial charge in [-0.15, -0.1) is 11.3 Å². The van der Waals surface area contributed by atoms with E-state index in [0.29, 0.717) is 18.1 Å². The number of halogens is 1. The molecule has 0 spiro atoms. The molecular weight excluding hydrogens is 268 g/mol. The van der Waals surface area contributed by atoms with E-state index in [4.69, 9.17) is 21.6 Å². The van der Waals surface area contributed by atoms with Gasteiger partial charge in [0.05, 0.1) is 29.8 Å². The zero-order chi connectivity index (χ0) is 12.8. The summed E-state index contributed by atoms with van der Waals surface area (Å²) in [6, 6.07) is 9.40. The fourth-order valence-corrected chi connectivity index (χ4v) is 2.40. The van der Waals surface area contributed by atoms with Gasteiger partial charge in [0, 0.05) is 16.8 Å². The normalized spacial score (nSPS) is 10.0. The highest BCUT2D eigenvalue weighted by atomic mass is 35.5. The number of thiazole rings is 1. The molecule has 0 fully saturated rings. The highest BCUT2D eigenvalue weighted by Crippen LogP contribution is 2.18. The van der Waals surface area contributed by atoms with Crippen molar-refractivity contribution in [3.05, 3.63) is 45.4 Å². The molecule has 0 radical (unpaired) electrons. The Morgan fingerprint density at radius 3 is 3.11 bits per heavy atom. The molecule has 0 atom stereocenters. The van der Waals surface area contributed by atoms with Crippen LogP contribution in [0.3, 0.4) is 0 Å². The molecule has 1 aromatic carbocycles. The van der Waals surface area contributed by atoms with Crippen molar-refractivity contribution < 1.29 is 4.74 Å². The van der Waals surface area contributed by atoms with Gasteiger partial charge in [0.25, 0.3) is 0 Å². The van der Waals surface area contributed by atoms with Gasteiger partial charge in [-0.2, -0.15) is 5.26 Å². The summed E-state index contributed by atoms with van der Waals surface area (Å²) >= 11 is 7.42. The lowest BCUT2D eigenvalue weighted by molar-refractivity contribution is 0.322. The number of hydrogen-bond donors (Lipinski definition) is 0. The molecular formula is C13H11ClN2OS. The highest BCUT2D eigenvalue weighted by molar-refractivity contribution is 7.09. The SMILES string of the molecule is N#CCc1csc(CCOc2cccc(Cl)c2)n1. The van der Waals surface area contributed by atoms with Gasteiger partial charge >= 0.3 is 0 Å². The number of ether oxygens (including phenoxy) is 1. The second-order valence-electron chi connectivity index (χ2n) is 3.62. The van der Waals surface area contributed by atoms with Crippen LogP contribution in [0.25, 0.3) is 0 Å². The van der Waals surface area contributed by atoms with Crippen LogP contribution < -0.4 is 4.74 Å². The largest absolute Gasteiger partial charge is 0.493 e. The number of hydrogen-bond acceptors (Lipinski definition) is 4. The molecule has 1 heterocycles. The van der Waals surface area contributed by atoms with Crippen molar-refractivity contribution >= 4 is 22.9 Å². The second kappa shape index (κ2) is 6.39. The maximum atomic E-state index is 8.56. The molecule has 0 aliphatic carbocycles. The number of nitrogens with zero attached hydrogens (tertiary/aromatic N) is 2. The van der Waals surface area contributed by atoms with E-state index >= 15 is 0 Å². The summed E-state index contributed by atoms with van der Waals surface area (Å²) in [7, 11) is 0. The molecule has 0 amide bonds. The summed E-state index contributed by atoms with van der Waals surface area (Å²) < 4.78 is 5.58. The standard InChI is InChI=1S/C13H11ClN2OS/c14-10-2-1-3-12(8-10)17-7-5-13-16-11(4-6-15)9-18-13/h1-3,8-9H,4-5,7H2. The van der Waals surface area contributed by atoms with E-state index in [1.54, 1.807) is 17.4 Å². The Balaban J connectivity index is 1.83. The quantitative estimate of drug-likeness (QED) is 0.841. The van der Waals surface area contributed by atoms with E-state index in [1.165, 1.54) is 0 Å². The van der Waals surface area contributed by atoms with E-state index in [0.717, 1.165) is 22.9 Å². The topological polar surface area (TPSA) is 45.9 Å². The van der Waals surface area contributed by atoms with Crippen LogP contribution in [0.5, 0.6) is 5.75 Å². The summed E-state index contributed by atoms with van der Waals surface area (Å²) in [6.07, 6.45) is 1.11. The third kappa shape index (κ3) is 3.73. The molecule has 2 rings (SSSR count). The summed E-state index contributed by atoms with van der Waals surface area (Å²) in [6.45, 7) is 0.555. The van der Waals surface area contributed by atoms with Crippen molar-refractivity contribution in [1.82, 2.24) is 4.98 Å². The second-order valence-corrected chi connectivity index (χ2v) is 5.00. The van der Waals surface area contributed by atoms with Gasteiger partial charge in [0.1, 0.15) is 5.75 Å². The first-order valence-corrected chi connectivity index (χ1v) is 6.72. The molecule has 0 saturated heterocycles. The first-order chi connectivity index (χ1) is 8.78.